The Morgan fingerprint density at radius 1 is 1.00 bits per heavy atom. The van der Waals surface area contributed by atoms with Gasteiger partial charge in [-0.05, 0) is 49.8 Å². The van der Waals surface area contributed by atoms with Crippen LogP contribution in [0.5, 0.6) is 0 Å². The first-order valence-corrected chi connectivity index (χ1v) is 11.7. The summed E-state index contributed by atoms with van der Waals surface area (Å²) in [6.07, 6.45) is -0.159. The molecule has 0 bridgehead atoms. The zero-order chi connectivity index (χ0) is 26.3. The van der Waals surface area contributed by atoms with Crippen LogP contribution in [-0.2, 0) is 18.0 Å². The van der Waals surface area contributed by atoms with Gasteiger partial charge in [-0.25, -0.2) is 23.7 Å². The van der Waals surface area contributed by atoms with Crippen LogP contribution in [0.25, 0.3) is 11.6 Å². The van der Waals surface area contributed by atoms with Crippen molar-refractivity contribution in [3.8, 4) is 17.7 Å². The Bertz CT molecular complexity index is 1350. The van der Waals surface area contributed by atoms with Gasteiger partial charge in [0.1, 0.15) is 11.5 Å². The maximum absolute atomic E-state index is 13.6. The highest BCUT2D eigenvalue weighted by molar-refractivity contribution is 5.57. The van der Waals surface area contributed by atoms with E-state index >= 15 is 0 Å². The van der Waals surface area contributed by atoms with E-state index in [-0.39, 0.29) is 48.6 Å². The van der Waals surface area contributed by atoms with Gasteiger partial charge in [0.25, 0.3) is 0 Å². The molecule has 2 aliphatic carbocycles. The third-order valence-electron chi connectivity index (χ3n) is 6.58. The normalized spacial score (nSPS) is 19.8. The number of aryl methyl sites for hydroxylation is 1. The van der Waals surface area contributed by atoms with Crippen LogP contribution >= 0.6 is 0 Å². The molecule has 0 amide bonds. The summed E-state index contributed by atoms with van der Waals surface area (Å²) in [5, 5.41) is 12.5. The van der Waals surface area contributed by atoms with E-state index in [0.29, 0.717) is 37.1 Å². The molecule has 2 saturated carbocycles. The Kier molecular flexibility index (Phi) is 6.21. The van der Waals surface area contributed by atoms with Gasteiger partial charge in [-0.15, -0.1) is 0 Å². The zero-order valence-corrected chi connectivity index (χ0v) is 19.4. The van der Waals surface area contributed by atoms with Crippen molar-refractivity contribution < 1.29 is 22.0 Å². The summed E-state index contributed by atoms with van der Waals surface area (Å²) in [4.78, 5) is 24.6. The molecule has 0 spiro atoms. The summed E-state index contributed by atoms with van der Waals surface area (Å²) in [5.74, 6) is -3.18. The Morgan fingerprint density at radius 2 is 1.78 bits per heavy atom. The minimum absolute atomic E-state index is 0.0247. The number of hydrogen-bond acceptors (Lipinski definition) is 8. The number of nitrogens with zero attached hydrogens (tertiary/aromatic N) is 7. The molecule has 0 saturated heterocycles. The second-order valence-electron chi connectivity index (χ2n) is 9.41. The second-order valence-corrected chi connectivity index (χ2v) is 9.41. The lowest BCUT2D eigenvalue weighted by molar-refractivity contribution is -0.141. The minimum atomic E-state index is -4.69. The van der Waals surface area contributed by atoms with Crippen LogP contribution in [0.4, 0.5) is 33.6 Å². The first-order chi connectivity index (χ1) is 17.6. The molecule has 5 rings (SSSR count). The highest BCUT2D eigenvalue weighted by Crippen LogP contribution is 2.47. The van der Waals surface area contributed by atoms with Crippen molar-refractivity contribution in [1.29, 1.82) is 5.26 Å². The fourth-order valence-electron chi connectivity index (χ4n) is 4.38. The van der Waals surface area contributed by atoms with Crippen LogP contribution in [0.3, 0.4) is 0 Å². The number of rotatable bonds is 7. The van der Waals surface area contributed by atoms with Crippen LogP contribution in [0.2, 0.25) is 0 Å². The van der Waals surface area contributed by atoms with Gasteiger partial charge in [0.15, 0.2) is 5.82 Å². The summed E-state index contributed by atoms with van der Waals surface area (Å²) in [7, 11) is 0. The van der Waals surface area contributed by atoms with Crippen molar-refractivity contribution >= 4 is 11.6 Å². The van der Waals surface area contributed by atoms with Crippen LogP contribution in [-0.4, -0.2) is 35.8 Å². The molecule has 1 N–H and O–H groups in total. The van der Waals surface area contributed by atoms with Crippen molar-refractivity contribution in [2.45, 2.75) is 62.5 Å². The van der Waals surface area contributed by atoms with Crippen LogP contribution in [0.15, 0.2) is 30.6 Å². The molecule has 0 radical (unpaired) electrons. The van der Waals surface area contributed by atoms with E-state index in [4.69, 9.17) is 0 Å². The van der Waals surface area contributed by atoms with Crippen LogP contribution in [0.1, 0.15) is 55.7 Å². The molecule has 13 heteroatoms. The maximum Gasteiger partial charge on any atom is 0.433 e. The molecule has 3 aromatic rings. The first-order valence-electron chi connectivity index (χ1n) is 11.7. The van der Waals surface area contributed by atoms with Crippen molar-refractivity contribution in [2.24, 2.45) is 5.92 Å². The lowest BCUT2D eigenvalue weighted by Gasteiger charge is -2.13. The van der Waals surface area contributed by atoms with E-state index in [1.54, 1.807) is 12.1 Å². The number of nitrogens with one attached hydrogen (secondary N) is 1. The van der Waals surface area contributed by atoms with Gasteiger partial charge in [0.2, 0.25) is 17.7 Å². The summed E-state index contributed by atoms with van der Waals surface area (Å²) in [5.41, 5.74) is -0.650. The molecular formula is C24H21F5N8. The summed E-state index contributed by atoms with van der Waals surface area (Å²) >= 11 is 0. The minimum Gasteiger partial charge on any atom is -0.324 e. The Labute approximate surface area is 208 Å². The highest BCUT2D eigenvalue weighted by atomic mass is 19.4. The fraction of sp³-hybridized carbons (Fsp3) is 0.458. The third-order valence-corrected chi connectivity index (χ3v) is 6.58. The molecule has 0 unspecified atom stereocenters. The summed E-state index contributed by atoms with van der Waals surface area (Å²) in [6.45, 7) is 0. The standard InChI is InChI=1S/C24H21F5N8/c25-23(26)6-3-14(12-23)1-2-18-35-20(19-32-10-5-16(34-19)24(27,28)29)37-21(36-18)33-15-4-9-31-17(11-15)22(13-30)7-8-22/h4-5,9-11,14H,1-3,6-8,12H2,(H,31,33,35,36,37)/t14-/m1/s1. The average molecular weight is 516 g/mol. The maximum atomic E-state index is 13.6. The van der Waals surface area contributed by atoms with E-state index in [2.05, 4.69) is 41.3 Å². The summed E-state index contributed by atoms with van der Waals surface area (Å²) < 4.78 is 66.8. The van der Waals surface area contributed by atoms with Gasteiger partial charge in [0, 0.05) is 37.3 Å². The molecule has 192 valence electrons. The molecule has 0 aliphatic heterocycles. The van der Waals surface area contributed by atoms with Crippen molar-refractivity contribution in [3.63, 3.8) is 0 Å². The highest BCUT2D eigenvalue weighted by Gasteiger charge is 2.46. The number of hydrogen-bond donors (Lipinski definition) is 1. The van der Waals surface area contributed by atoms with Gasteiger partial charge in [-0.2, -0.15) is 28.4 Å². The average Bonchev–Trinajstić information content (AvgIpc) is 3.59. The van der Waals surface area contributed by atoms with Crippen LogP contribution in [0, 0.1) is 17.2 Å². The second kappa shape index (κ2) is 9.24. The number of nitriles is 1. The SMILES string of the molecule is N#CC1(c2cc(Nc3nc(CC[C@@H]4CCC(F)(F)C4)nc(-c4nccc(C(F)(F)F)n4)n3)ccn2)CC1. The van der Waals surface area contributed by atoms with Crippen molar-refractivity contribution in [2.75, 3.05) is 5.32 Å². The number of pyridine rings is 1. The molecule has 3 aromatic heterocycles. The number of aromatic nitrogens is 6. The van der Waals surface area contributed by atoms with E-state index in [9.17, 15) is 27.2 Å². The zero-order valence-electron chi connectivity index (χ0n) is 19.4. The predicted octanol–water partition coefficient (Wildman–Crippen LogP) is 5.41. The molecular weight excluding hydrogens is 495 g/mol. The first kappa shape index (κ1) is 24.9. The monoisotopic (exact) mass is 516 g/mol. The largest absolute Gasteiger partial charge is 0.433 e. The van der Waals surface area contributed by atoms with Crippen LogP contribution < -0.4 is 5.32 Å². The lowest BCUT2D eigenvalue weighted by Crippen LogP contribution is -2.12. The predicted molar refractivity (Wildman–Crippen MR) is 121 cm³/mol. The number of anilines is 2. The van der Waals surface area contributed by atoms with E-state index < -0.39 is 23.2 Å². The molecule has 2 fully saturated rings. The Morgan fingerprint density at radius 3 is 2.46 bits per heavy atom. The summed E-state index contributed by atoms with van der Waals surface area (Å²) in [6, 6.07) is 6.35. The Balaban J connectivity index is 1.45. The molecule has 37 heavy (non-hydrogen) atoms. The third kappa shape index (κ3) is 5.63. The van der Waals surface area contributed by atoms with Gasteiger partial charge >= 0.3 is 6.18 Å². The van der Waals surface area contributed by atoms with Gasteiger partial charge in [-0.3, -0.25) is 4.98 Å². The van der Waals surface area contributed by atoms with Crippen molar-refractivity contribution in [1.82, 2.24) is 29.9 Å². The molecule has 8 nitrogen and oxygen atoms in total. The number of alkyl halides is 5. The van der Waals surface area contributed by atoms with E-state index in [1.807, 2.05) is 0 Å². The van der Waals surface area contributed by atoms with Gasteiger partial charge in [-0.1, -0.05) is 0 Å². The molecule has 2 aliphatic rings. The quantitative estimate of drug-likeness (QED) is 0.415. The Hall–Kier alpha value is -3.82. The van der Waals surface area contributed by atoms with Gasteiger partial charge in [0.05, 0.1) is 17.2 Å². The topological polar surface area (TPSA) is 113 Å². The van der Waals surface area contributed by atoms with E-state index in [1.165, 1.54) is 6.20 Å². The number of halogens is 5. The van der Waals surface area contributed by atoms with Gasteiger partial charge < -0.3 is 5.32 Å². The molecule has 0 aromatic carbocycles. The van der Waals surface area contributed by atoms with E-state index in [0.717, 1.165) is 12.3 Å². The lowest BCUT2D eigenvalue weighted by atomic mass is 10.0. The molecule has 3 heterocycles. The fourth-order valence-corrected chi connectivity index (χ4v) is 4.38. The molecule has 1 atom stereocenters. The smallest absolute Gasteiger partial charge is 0.324 e. The van der Waals surface area contributed by atoms with Crippen molar-refractivity contribution in [3.05, 3.63) is 47.8 Å².